The van der Waals surface area contributed by atoms with Crippen molar-refractivity contribution in [1.29, 1.82) is 0 Å². The summed E-state index contributed by atoms with van der Waals surface area (Å²) in [5.41, 5.74) is 6.56. The Hall–Kier alpha value is -4.32. The van der Waals surface area contributed by atoms with E-state index in [1.807, 2.05) is 0 Å². The van der Waals surface area contributed by atoms with Gasteiger partial charge in [-0.15, -0.1) is 0 Å². The summed E-state index contributed by atoms with van der Waals surface area (Å²) in [5, 5.41) is 21.3. The number of carbonyl (C=O) groups excluding carboxylic acids is 1. The molecule has 0 bridgehead atoms. The summed E-state index contributed by atoms with van der Waals surface area (Å²) in [4.78, 5) is 38.0. The van der Waals surface area contributed by atoms with Gasteiger partial charge in [0, 0.05) is 6.54 Å². The molecular weight excluding hydrogens is 558 g/mol. The van der Waals surface area contributed by atoms with Crippen LogP contribution in [0.25, 0.3) is 11.2 Å². The molecule has 0 radical (unpaired) electrons. The highest BCUT2D eigenvalue weighted by Gasteiger charge is 2.56. The minimum absolute atomic E-state index is 0.0473. The molecule has 0 spiro atoms. The fourth-order valence-electron chi connectivity index (χ4n) is 5.11. The van der Waals surface area contributed by atoms with Crippen molar-refractivity contribution in [3.05, 3.63) is 40.5 Å². The number of anilines is 1. The molecule has 0 saturated carbocycles. The second-order valence-electron chi connectivity index (χ2n) is 10.0. The Kier molecular flexibility index (Phi) is 8.00. The summed E-state index contributed by atoms with van der Waals surface area (Å²) < 4.78 is 36.1. The van der Waals surface area contributed by atoms with Crippen molar-refractivity contribution in [2.24, 2.45) is 0 Å². The molecule has 4 atom stereocenters. The Morgan fingerprint density at radius 1 is 1.19 bits per heavy atom. The van der Waals surface area contributed by atoms with E-state index >= 15 is 0 Å². The summed E-state index contributed by atoms with van der Waals surface area (Å²) in [6.45, 7) is 2.57. The number of nitro groups is 1. The summed E-state index contributed by atoms with van der Waals surface area (Å²) in [7, 11) is 2.74. The number of aliphatic hydroxyl groups excluding tert-OH is 1. The molecule has 2 aromatic heterocycles. The van der Waals surface area contributed by atoms with Crippen molar-refractivity contribution < 1.29 is 43.2 Å². The molecule has 226 valence electrons. The van der Waals surface area contributed by atoms with Crippen molar-refractivity contribution in [3.63, 3.8) is 0 Å². The first-order valence-electron chi connectivity index (χ1n) is 12.9. The molecule has 2 aliphatic rings. The smallest absolute Gasteiger partial charge is 0.410 e. The van der Waals surface area contributed by atoms with Crippen molar-refractivity contribution >= 4 is 28.8 Å². The zero-order chi connectivity index (χ0) is 30.2. The number of nitrogens with zero attached hydrogens (tertiary/aromatic N) is 6. The highest BCUT2D eigenvalue weighted by molar-refractivity contribution is 5.81. The lowest BCUT2D eigenvalue weighted by molar-refractivity contribution is -0.385. The van der Waals surface area contributed by atoms with Crippen LogP contribution < -0.4 is 15.2 Å². The van der Waals surface area contributed by atoms with E-state index < -0.39 is 48.0 Å². The van der Waals surface area contributed by atoms with Crippen molar-refractivity contribution in [1.82, 2.24) is 24.4 Å². The number of amides is 1. The van der Waals surface area contributed by atoms with Crippen LogP contribution in [0.1, 0.15) is 25.6 Å². The maximum absolute atomic E-state index is 13.2. The standard InChI is InChI=1S/C25H31N7O10/c1-25(2)41-19-17(40-23(20(19)42-25)31-12-29-18-21(26)27-11-28-22(18)31)9-30(5-6-33)24(34)39-10-13-7-15(37-3)16(38-4)8-14(13)32(35)36/h7-8,11-12,17,19-20,23,33H,5-6,9-10H2,1-4H3,(H2,26,27,28)/t17-,19-,20-,23-/m1/s1. The number of fused-ring (bicyclic) bond motifs is 2. The van der Waals surface area contributed by atoms with Gasteiger partial charge in [-0.1, -0.05) is 0 Å². The van der Waals surface area contributed by atoms with Gasteiger partial charge < -0.3 is 44.2 Å². The van der Waals surface area contributed by atoms with Crippen LogP contribution in [0, 0.1) is 10.1 Å². The van der Waals surface area contributed by atoms with Crippen LogP contribution in [0.3, 0.4) is 0 Å². The molecule has 0 unspecified atom stereocenters. The van der Waals surface area contributed by atoms with Gasteiger partial charge in [0.1, 0.15) is 36.8 Å². The molecule has 1 amide bonds. The van der Waals surface area contributed by atoms with Gasteiger partial charge in [0.25, 0.3) is 5.69 Å². The predicted molar refractivity (Wildman–Crippen MR) is 143 cm³/mol. The summed E-state index contributed by atoms with van der Waals surface area (Å²) in [6, 6.07) is 2.56. The van der Waals surface area contributed by atoms with Gasteiger partial charge in [-0.25, -0.2) is 19.7 Å². The number of rotatable bonds is 10. The molecule has 0 aliphatic carbocycles. The van der Waals surface area contributed by atoms with E-state index in [9.17, 15) is 20.0 Å². The molecule has 4 heterocycles. The molecule has 2 aliphatic heterocycles. The normalized spacial score (nSPS) is 22.6. The van der Waals surface area contributed by atoms with E-state index in [0.717, 1.165) is 0 Å². The molecule has 5 rings (SSSR count). The molecule has 2 fully saturated rings. The van der Waals surface area contributed by atoms with Crippen molar-refractivity contribution in [2.75, 3.05) is 39.6 Å². The Morgan fingerprint density at radius 2 is 1.90 bits per heavy atom. The zero-order valence-corrected chi connectivity index (χ0v) is 23.3. The largest absolute Gasteiger partial charge is 0.493 e. The maximum Gasteiger partial charge on any atom is 0.410 e. The fourth-order valence-corrected chi connectivity index (χ4v) is 5.11. The number of aromatic nitrogens is 4. The van der Waals surface area contributed by atoms with Gasteiger partial charge in [-0.2, -0.15) is 0 Å². The average Bonchev–Trinajstić information content (AvgIpc) is 3.62. The van der Waals surface area contributed by atoms with E-state index in [4.69, 9.17) is 34.2 Å². The highest BCUT2D eigenvalue weighted by atomic mass is 16.8. The quantitative estimate of drug-likeness (QED) is 0.253. The van der Waals surface area contributed by atoms with E-state index in [0.29, 0.717) is 11.2 Å². The Bertz CT molecular complexity index is 1480. The predicted octanol–water partition coefficient (Wildman–Crippen LogP) is 1.38. The van der Waals surface area contributed by atoms with Gasteiger partial charge >= 0.3 is 6.09 Å². The van der Waals surface area contributed by atoms with Gasteiger partial charge in [-0.05, 0) is 19.9 Å². The number of nitrogens with two attached hydrogens (primary N) is 1. The van der Waals surface area contributed by atoms with E-state index in [1.165, 1.54) is 43.9 Å². The summed E-state index contributed by atoms with van der Waals surface area (Å²) >= 11 is 0. The first-order chi connectivity index (χ1) is 20.1. The molecule has 2 saturated heterocycles. The van der Waals surface area contributed by atoms with Crippen molar-refractivity contribution in [3.8, 4) is 11.5 Å². The van der Waals surface area contributed by atoms with Crippen LogP contribution in [0.15, 0.2) is 24.8 Å². The third kappa shape index (κ3) is 5.46. The second kappa shape index (κ2) is 11.5. The van der Waals surface area contributed by atoms with E-state index in [2.05, 4.69) is 15.0 Å². The number of nitrogen functional groups attached to an aromatic ring is 1. The van der Waals surface area contributed by atoms with Crippen LogP contribution >= 0.6 is 0 Å². The monoisotopic (exact) mass is 589 g/mol. The van der Waals surface area contributed by atoms with E-state index in [-0.39, 0.29) is 48.3 Å². The molecule has 3 aromatic rings. The second-order valence-corrected chi connectivity index (χ2v) is 10.0. The number of hydrogen-bond donors (Lipinski definition) is 2. The molecule has 17 nitrogen and oxygen atoms in total. The lowest BCUT2D eigenvalue weighted by Crippen LogP contribution is -2.44. The Labute approximate surface area is 239 Å². The minimum atomic E-state index is -0.950. The number of aliphatic hydroxyl groups is 1. The van der Waals surface area contributed by atoms with Gasteiger partial charge in [-0.3, -0.25) is 14.7 Å². The molecule has 42 heavy (non-hydrogen) atoms. The number of hydrogen-bond acceptors (Lipinski definition) is 14. The lowest BCUT2D eigenvalue weighted by Gasteiger charge is -2.28. The number of nitro benzene ring substituents is 1. The third-order valence-electron chi connectivity index (χ3n) is 6.95. The zero-order valence-electron chi connectivity index (χ0n) is 23.3. The van der Waals surface area contributed by atoms with Crippen molar-refractivity contribution in [2.45, 2.75) is 50.8 Å². The number of benzene rings is 1. The SMILES string of the molecule is COc1cc(COC(=O)N(CCO)C[C@H]2O[C@@H](n3cnc4c(N)ncnc43)[C@@H]3OC(C)(C)O[C@@H]32)c([N+](=O)[O-])cc1OC. The molecular formula is C25H31N7O10. The number of methoxy groups -OCH3 is 2. The highest BCUT2D eigenvalue weighted by Crippen LogP contribution is 2.44. The average molecular weight is 590 g/mol. The Balaban J connectivity index is 1.36. The first-order valence-corrected chi connectivity index (χ1v) is 12.9. The van der Waals surface area contributed by atoms with Crippen LogP contribution in [0.2, 0.25) is 0 Å². The number of carbonyl (C=O) groups is 1. The topological polar surface area (TPSA) is 209 Å². The van der Waals surface area contributed by atoms with Crippen LogP contribution in [0.5, 0.6) is 11.5 Å². The van der Waals surface area contributed by atoms with Gasteiger partial charge in [0.2, 0.25) is 0 Å². The van der Waals surface area contributed by atoms with Gasteiger partial charge in [0.05, 0.1) is 50.3 Å². The van der Waals surface area contributed by atoms with Crippen LogP contribution in [-0.2, 0) is 25.6 Å². The van der Waals surface area contributed by atoms with E-state index in [1.54, 1.807) is 18.4 Å². The Morgan fingerprint density at radius 3 is 2.60 bits per heavy atom. The first kappa shape index (κ1) is 29.2. The summed E-state index contributed by atoms with van der Waals surface area (Å²) in [6.07, 6.45) is -0.650. The summed E-state index contributed by atoms with van der Waals surface area (Å²) in [5.74, 6) is -0.349. The molecule has 17 heteroatoms. The number of ether oxygens (including phenoxy) is 6. The van der Waals surface area contributed by atoms with Crippen LogP contribution in [0.4, 0.5) is 16.3 Å². The van der Waals surface area contributed by atoms with Crippen LogP contribution in [-0.4, -0.2) is 98.6 Å². The third-order valence-corrected chi connectivity index (χ3v) is 6.95. The number of imidazole rings is 1. The maximum atomic E-state index is 13.2. The van der Waals surface area contributed by atoms with Gasteiger partial charge in [0.15, 0.2) is 35.0 Å². The molecule has 3 N–H and O–H groups in total. The fraction of sp³-hybridized carbons (Fsp3) is 0.520. The molecule has 1 aromatic carbocycles. The minimum Gasteiger partial charge on any atom is -0.493 e. The lowest BCUT2D eigenvalue weighted by atomic mass is 10.1.